The minimum atomic E-state index is -0.157. The fourth-order valence-electron chi connectivity index (χ4n) is 1.88. The van der Waals surface area contributed by atoms with Crippen molar-refractivity contribution in [1.82, 2.24) is 15.5 Å². The van der Waals surface area contributed by atoms with Crippen LogP contribution in [0, 0.1) is 5.92 Å². The molecule has 0 saturated carbocycles. The summed E-state index contributed by atoms with van der Waals surface area (Å²) in [4.78, 5) is 14.1. The van der Waals surface area contributed by atoms with Gasteiger partial charge in [0.2, 0.25) is 0 Å². The quantitative estimate of drug-likeness (QED) is 0.793. The minimum absolute atomic E-state index is 0.157. The van der Waals surface area contributed by atoms with E-state index < -0.39 is 0 Å². The van der Waals surface area contributed by atoms with Gasteiger partial charge in [-0.1, -0.05) is 27.7 Å². The normalized spacial score (nSPS) is 10.7. The van der Waals surface area contributed by atoms with Gasteiger partial charge in [-0.15, -0.1) is 10.2 Å². The maximum atomic E-state index is 11.9. The zero-order valence-electron chi connectivity index (χ0n) is 13.0. The second-order valence-electron chi connectivity index (χ2n) is 5.37. The molecule has 0 aliphatic heterocycles. The average Bonchev–Trinajstić information content (AvgIpc) is 2.44. The molecule has 0 bridgehead atoms. The van der Waals surface area contributed by atoms with E-state index in [9.17, 15) is 4.79 Å². The highest BCUT2D eigenvalue weighted by Gasteiger charge is 2.11. The average molecular weight is 278 g/mol. The molecular formula is C15H26N4O. The van der Waals surface area contributed by atoms with Gasteiger partial charge in [0.15, 0.2) is 11.5 Å². The number of amides is 1. The minimum Gasteiger partial charge on any atom is -0.355 e. The molecule has 0 spiro atoms. The fourth-order valence-corrected chi connectivity index (χ4v) is 1.88. The molecule has 5 heteroatoms. The molecule has 1 rings (SSSR count). The van der Waals surface area contributed by atoms with Gasteiger partial charge in [-0.05, 0) is 30.9 Å². The van der Waals surface area contributed by atoms with Crippen LogP contribution in [-0.2, 0) is 0 Å². The maximum absolute atomic E-state index is 11.9. The van der Waals surface area contributed by atoms with Crippen molar-refractivity contribution in [1.29, 1.82) is 0 Å². The van der Waals surface area contributed by atoms with E-state index in [1.54, 1.807) is 6.07 Å². The van der Waals surface area contributed by atoms with E-state index >= 15 is 0 Å². The van der Waals surface area contributed by atoms with Crippen LogP contribution in [0.25, 0.3) is 0 Å². The molecule has 112 valence electrons. The predicted octanol–water partition coefficient (Wildman–Crippen LogP) is 2.49. The summed E-state index contributed by atoms with van der Waals surface area (Å²) in [5, 5.41) is 11.1. The van der Waals surface area contributed by atoms with Crippen LogP contribution in [0.2, 0.25) is 0 Å². The van der Waals surface area contributed by atoms with Gasteiger partial charge in [0.25, 0.3) is 5.91 Å². The largest absolute Gasteiger partial charge is 0.355 e. The molecule has 20 heavy (non-hydrogen) atoms. The highest BCUT2D eigenvalue weighted by atomic mass is 16.1. The van der Waals surface area contributed by atoms with Crippen LogP contribution in [0.4, 0.5) is 5.82 Å². The van der Waals surface area contributed by atoms with Gasteiger partial charge in [-0.2, -0.15) is 0 Å². The summed E-state index contributed by atoms with van der Waals surface area (Å²) in [6.07, 6.45) is 2.14. The molecule has 0 unspecified atom stereocenters. The molecule has 0 aliphatic carbocycles. The van der Waals surface area contributed by atoms with Crippen molar-refractivity contribution in [2.75, 3.05) is 24.5 Å². The lowest BCUT2D eigenvalue weighted by Gasteiger charge is -2.21. The molecule has 0 aliphatic rings. The molecule has 1 aromatic rings. The molecule has 1 amide bonds. The van der Waals surface area contributed by atoms with Gasteiger partial charge < -0.3 is 10.2 Å². The highest BCUT2D eigenvalue weighted by Crippen LogP contribution is 2.10. The highest BCUT2D eigenvalue weighted by molar-refractivity contribution is 5.92. The number of nitrogens with one attached hydrogen (secondary N) is 1. The molecule has 0 aromatic carbocycles. The summed E-state index contributed by atoms with van der Waals surface area (Å²) in [7, 11) is 0. The molecule has 1 aromatic heterocycles. The lowest BCUT2D eigenvalue weighted by molar-refractivity contribution is 0.0943. The molecule has 5 nitrogen and oxygen atoms in total. The molecule has 1 N–H and O–H groups in total. The number of carbonyl (C=O) groups excluding carboxylic acids is 1. The smallest absolute Gasteiger partial charge is 0.271 e. The van der Waals surface area contributed by atoms with Gasteiger partial charge in [0.05, 0.1) is 0 Å². The van der Waals surface area contributed by atoms with Gasteiger partial charge in [-0.25, -0.2) is 0 Å². The van der Waals surface area contributed by atoms with Gasteiger partial charge in [0.1, 0.15) is 0 Å². The number of carbonyl (C=O) groups is 1. The molecule has 0 atom stereocenters. The van der Waals surface area contributed by atoms with Crippen LogP contribution < -0.4 is 10.2 Å². The number of hydrogen-bond acceptors (Lipinski definition) is 4. The molecule has 0 radical (unpaired) electrons. The summed E-state index contributed by atoms with van der Waals surface area (Å²) < 4.78 is 0. The number of hydrogen-bond donors (Lipinski definition) is 1. The van der Waals surface area contributed by atoms with Crippen molar-refractivity contribution < 1.29 is 4.79 Å². The third-order valence-corrected chi connectivity index (χ3v) is 2.87. The second kappa shape index (κ2) is 8.51. The third-order valence-electron chi connectivity index (χ3n) is 2.87. The van der Waals surface area contributed by atoms with Crippen molar-refractivity contribution >= 4 is 11.7 Å². The first-order valence-corrected chi connectivity index (χ1v) is 7.45. The van der Waals surface area contributed by atoms with Crippen molar-refractivity contribution in [3.8, 4) is 0 Å². The number of rotatable bonds is 8. The van der Waals surface area contributed by atoms with Crippen LogP contribution >= 0.6 is 0 Å². The van der Waals surface area contributed by atoms with Crippen LogP contribution in [-0.4, -0.2) is 35.7 Å². The number of nitrogens with zero attached hydrogens (tertiary/aromatic N) is 3. The van der Waals surface area contributed by atoms with E-state index in [1.807, 2.05) is 6.07 Å². The first-order chi connectivity index (χ1) is 9.58. The van der Waals surface area contributed by atoms with E-state index in [-0.39, 0.29) is 5.91 Å². The van der Waals surface area contributed by atoms with E-state index in [2.05, 4.69) is 48.1 Å². The fraction of sp³-hybridized carbons (Fsp3) is 0.667. The standard InChI is InChI=1S/C15H26N4O/c1-5-9-19(10-6-2)14-8-7-13(17-18-14)15(20)16-11-12(3)4/h7-8,12H,5-6,9-11H2,1-4H3,(H,16,20). The Bertz CT molecular complexity index is 397. The monoisotopic (exact) mass is 278 g/mol. The summed E-state index contributed by atoms with van der Waals surface area (Å²) in [5.41, 5.74) is 0.377. The lowest BCUT2D eigenvalue weighted by atomic mass is 10.2. The number of anilines is 1. The lowest BCUT2D eigenvalue weighted by Crippen LogP contribution is -2.29. The Morgan fingerprint density at radius 1 is 1.20 bits per heavy atom. The van der Waals surface area contributed by atoms with Crippen LogP contribution in [0.3, 0.4) is 0 Å². The van der Waals surface area contributed by atoms with Crippen LogP contribution in [0.5, 0.6) is 0 Å². The molecule has 1 heterocycles. The van der Waals surface area contributed by atoms with Crippen molar-refractivity contribution in [3.63, 3.8) is 0 Å². The summed E-state index contributed by atoms with van der Waals surface area (Å²) in [6.45, 7) is 11.0. The molecule has 0 saturated heterocycles. The van der Waals surface area contributed by atoms with Crippen molar-refractivity contribution in [2.24, 2.45) is 5.92 Å². The first kappa shape index (κ1) is 16.4. The zero-order chi connectivity index (χ0) is 15.0. The predicted molar refractivity (Wildman–Crippen MR) is 82.0 cm³/mol. The van der Waals surface area contributed by atoms with E-state index in [4.69, 9.17) is 0 Å². The van der Waals surface area contributed by atoms with Crippen LogP contribution in [0.15, 0.2) is 12.1 Å². The van der Waals surface area contributed by atoms with Crippen LogP contribution in [0.1, 0.15) is 51.0 Å². The molecular weight excluding hydrogens is 252 g/mol. The Hall–Kier alpha value is -1.65. The number of aromatic nitrogens is 2. The van der Waals surface area contributed by atoms with Crippen molar-refractivity contribution in [3.05, 3.63) is 17.8 Å². The van der Waals surface area contributed by atoms with E-state index in [0.29, 0.717) is 18.2 Å². The van der Waals surface area contributed by atoms with Gasteiger partial charge in [-0.3, -0.25) is 4.79 Å². The van der Waals surface area contributed by atoms with Gasteiger partial charge in [0, 0.05) is 19.6 Å². The van der Waals surface area contributed by atoms with Crippen molar-refractivity contribution in [2.45, 2.75) is 40.5 Å². The zero-order valence-corrected chi connectivity index (χ0v) is 13.0. The van der Waals surface area contributed by atoms with Gasteiger partial charge >= 0.3 is 0 Å². The maximum Gasteiger partial charge on any atom is 0.271 e. The second-order valence-corrected chi connectivity index (χ2v) is 5.37. The summed E-state index contributed by atoms with van der Waals surface area (Å²) in [6, 6.07) is 3.62. The summed E-state index contributed by atoms with van der Waals surface area (Å²) in [5.74, 6) is 1.11. The Labute approximate surface area is 121 Å². The Morgan fingerprint density at radius 3 is 2.30 bits per heavy atom. The summed E-state index contributed by atoms with van der Waals surface area (Å²) >= 11 is 0. The molecule has 0 fully saturated rings. The first-order valence-electron chi connectivity index (χ1n) is 7.45. The van der Waals surface area contributed by atoms with E-state index in [1.165, 1.54) is 0 Å². The Balaban J connectivity index is 2.69. The SMILES string of the molecule is CCCN(CCC)c1ccc(C(=O)NCC(C)C)nn1. The Kier molecular flexibility index (Phi) is 6.98. The van der Waals surface area contributed by atoms with E-state index in [0.717, 1.165) is 31.7 Å². The topological polar surface area (TPSA) is 58.1 Å². The third kappa shape index (κ3) is 5.15. The Morgan fingerprint density at radius 2 is 1.85 bits per heavy atom.